The normalized spacial score (nSPS) is 10.6. The lowest BCUT2D eigenvalue weighted by Gasteiger charge is -2.10. The molecule has 0 spiro atoms. The molecule has 0 unspecified atom stereocenters. The summed E-state index contributed by atoms with van der Waals surface area (Å²) in [7, 11) is 0. The fraction of sp³-hybridized carbons (Fsp3) is 0.0526. The first-order chi connectivity index (χ1) is 12.5. The summed E-state index contributed by atoms with van der Waals surface area (Å²) in [5.74, 6) is -0.474. The van der Waals surface area contributed by atoms with E-state index in [1.807, 2.05) is 0 Å². The molecule has 1 heterocycles. The minimum atomic E-state index is -0.396. The zero-order valence-corrected chi connectivity index (χ0v) is 15.8. The maximum atomic E-state index is 13.2. The molecule has 0 bridgehead atoms. The van der Waals surface area contributed by atoms with Crippen LogP contribution in [0.25, 0.3) is 0 Å². The van der Waals surface area contributed by atoms with Gasteiger partial charge in [-0.05, 0) is 64.0 Å². The Balaban J connectivity index is 1.75. The van der Waals surface area contributed by atoms with Gasteiger partial charge >= 0.3 is 0 Å². The van der Waals surface area contributed by atoms with Gasteiger partial charge in [-0.1, -0.05) is 12.1 Å². The molecule has 3 rings (SSSR count). The van der Waals surface area contributed by atoms with Crippen LogP contribution in [0.3, 0.4) is 0 Å². The number of hydrogen-bond acceptors (Lipinski definition) is 3. The van der Waals surface area contributed by atoms with E-state index in [1.165, 1.54) is 42.1 Å². The second-order valence-corrected chi connectivity index (χ2v) is 7.17. The fourth-order valence-corrected chi connectivity index (χ4v) is 3.59. The summed E-state index contributed by atoms with van der Waals surface area (Å²) in [6.07, 6.45) is 1.61. The van der Waals surface area contributed by atoms with Gasteiger partial charge < -0.3 is 5.32 Å². The zero-order chi connectivity index (χ0) is 18.5. The Kier molecular flexibility index (Phi) is 6.00. The van der Waals surface area contributed by atoms with Crippen molar-refractivity contribution in [1.82, 2.24) is 4.98 Å². The zero-order valence-electron chi connectivity index (χ0n) is 13.4. The van der Waals surface area contributed by atoms with Crippen LogP contribution < -0.4 is 5.32 Å². The molecule has 0 aliphatic rings. The van der Waals surface area contributed by atoms with Crippen molar-refractivity contribution >= 4 is 39.3 Å². The second kappa shape index (κ2) is 8.42. The third-order valence-electron chi connectivity index (χ3n) is 3.48. The van der Waals surface area contributed by atoms with E-state index in [2.05, 4.69) is 26.2 Å². The smallest absolute Gasteiger partial charge is 0.258 e. The third kappa shape index (κ3) is 4.68. The summed E-state index contributed by atoms with van der Waals surface area (Å²) in [5, 5.41) is 3.31. The van der Waals surface area contributed by atoms with Crippen LogP contribution in [0.15, 0.2) is 70.3 Å². The number of thioether (sulfide) groups is 1. The van der Waals surface area contributed by atoms with Crippen molar-refractivity contribution in [3.63, 3.8) is 0 Å². The summed E-state index contributed by atoms with van der Waals surface area (Å²) in [6.45, 7) is 0. The molecule has 0 aliphatic heterocycles. The van der Waals surface area contributed by atoms with Crippen molar-refractivity contribution in [3.05, 3.63) is 88.0 Å². The Morgan fingerprint density at radius 1 is 1.08 bits per heavy atom. The molecule has 2 aromatic carbocycles. The summed E-state index contributed by atoms with van der Waals surface area (Å²) < 4.78 is 26.6. The lowest BCUT2D eigenvalue weighted by atomic mass is 10.2. The Hall–Kier alpha value is -2.25. The Morgan fingerprint density at radius 2 is 1.81 bits per heavy atom. The summed E-state index contributed by atoms with van der Waals surface area (Å²) >= 11 is 4.61. The molecule has 0 radical (unpaired) electrons. The van der Waals surface area contributed by atoms with Gasteiger partial charge in [-0.25, -0.2) is 13.8 Å². The van der Waals surface area contributed by atoms with Gasteiger partial charge in [-0.15, -0.1) is 11.8 Å². The molecule has 0 atom stereocenters. The topological polar surface area (TPSA) is 42.0 Å². The van der Waals surface area contributed by atoms with Crippen LogP contribution in [0.4, 0.5) is 14.5 Å². The van der Waals surface area contributed by atoms with Crippen LogP contribution in [0.2, 0.25) is 0 Å². The number of nitrogens with one attached hydrogen (secondary N) is 1. The highest BCUT2D eigenvalue weighted by Crippen LogP contribution is 2.27. The number of amides is 1. The first-order valence-corrected chi connectivity index (χ1v) is 9.39. The SMILES string of the molecule is O=C(Nc1ccc(F)cc1Br)c1cccnc1SCc1ccc(F)cc1. The van der Waals surface area contributed by atoms with Crippen LogP contribution in [0.5, 0.6) is 0 Å². The number of anilines is 1. The molecule has 132 valence electrons. The minimum absolute atomic E-state index is 0.290. The number of halogens is 3. The molecule has 0 saturated heterocycles. The van der Waals surface area contributed by atoms with Gasteiger partial charge in [0.15, 0.2) is 0 Å². The maximum absolute atomic E-state index is 13.2. The van der Waals surface area contributed by atoms with Gasteiger partial charge in [0.05, 0.1) is 11.3 Å². The standard InChI is InChI=1S/C19H13BrF2N2OS/c20-16-10-14(22)7-8-17(16)24-18(25)15-2-1-9-23-19(15)26-11-12-3-5-13(21)6-4-12/h1-10H,11H2,(H,24,25). The molecular formula is C19H13BrF2N2OS. The first-order valence-electron chi connectivity index (χ1n) is 7.61. The maximum Gasteiger partial charge on any atom is 0.258 e. The minimum Gasteiger partial charge on any atom is -0.321 e. The van der Waals surface area contributed by atoms with Gasteiger partial charge in [0.1, 0.15) is 16.7 Å². The van der Waals surface area contributed by atoms with Crippen LogP contribution in [-0.4, -0.2) is 10.9 Å². The quantitative estimate of drug-likeness (QED) is 0.526. The molecule has 7 heteroatoms. The van der Waals surface area contributed by atoms with Crippen molar-refractivity contribution in [2.75, 3.05) is 5.32 Å². The lowest BCUT2D eigenvalue weighted by Crippen LogP contribution is -2.14. The van der Waals surface area contributed by atoms with Gasteiger partial charge in [-0.3, -0.25) is 4.79 Å². The highest BCUT2D eigenvalue weighted by molar-refractivity contribution is 9.10. The Bertz CT molecular complexity index is 935. The average Bonchev–Trinajstić information content (AvgIpc) is 2.64. The van der Waals surface area contributed by atoms with Gasteiger partial charge in [-0.2, -0.15) is 0 Å². The highest BCUT2D eigenvalue weighted by Gasteiger charge is 2.14. The summed E-state index contributed by atoms with van der Waals surface area (Å²) in [5.41, 5.74) is 1.81. The number of pyridine rings is 1. The number of benzene rings is 2. The molecule has 0 saturated carbocycles. The molecule has 1 N–H and O–H groups in total. The van der Waals surface area contributed by atoms with Gasteiger partial charge in [0.2, 0.25) is 0 Å². The average molecular weight is 435 g/mol. The van der Waals surface area contributed by atoms with Gasteiger partial charge in [0.25, 0.3) is 5.91 Å². The van der Waals surface area contributed by atoms with E-state index < -0.39 is 5.82 Å². The molecule has 1 aromatic heterocycles. The van der Waals surface area contributed by atoms with Crippen molar-refractivity contribution in [3.8, 4) is 0 Å². The summed E-state index contributed by atoms with van der Waals surface area (Å²) in [6, 6.07) is 13.6. The van der Waals surface area contributed by atoms with Gasteiger partial charge in [0, 0.05) is 16.4 Å². The Morgan fingerprint density at radius 3 is 2.54 bits per heavy atom. The van der Waals surface area contributed by atoms with E-state index >= 15 is 0 Å². The van der Waals surface area contributed by atoms with E-state index in [0.29, 0.717) is 26.5 Å². The number of hydrogen-bond donors (Lipinski definition) is 1. The predicted octanol–water partition coefficient (Wildman–Crippen LogP) is 5.67. The van der Waals surface area contributed by atoms with E-state index in [4.69, 9.17) is 0 Å². The van der Waals surface area contributed by atoms with E-state index in [-0.39, 0.29) is 11.7 Å². The summed E-state index contributed by atoms with van der Waals surface area (Å²) in [4.78, 5) is 16.9. The van der Waals surface area contributed by atoms with E-state index in [9.17, 15) is 13.6 Å². The third-order valence-corrected chi connectivity index (χ3v) is 5.22. The van der Waals surface area contributed by atoms with Crippen molar-refractivity contribution in [2.24, 2.45) is 0 Å². The number of carbonyl (C=O) groups is 1. The predicted molar refractivity (Wildman–Crippen MR) is 102 cm³/mol. The molecular weight excluding hydrogens is 422 g/mol. The first kappa shape index (κ1) is 18.5. The molecule has 1 amide bonds. The van der Waals surface area contributed by atoms with Crippen molar-refractivity contribution in [1.29, 1.82) is 0 Å². The number of aromatic nitrogens is 1. The van der Waals surface area contributed by atoms with Crippen molar-refractivity contribution in [2.45, 2.75) is 10.8 Å². The number of rotatable bonds is 5. The highest BCUT2D eigenvalue weighted by atomic mass is 79.9. The van der Waals surface area contributed by atoms with E-state index in [1.54, 1.807) is 30.5 Å². The number of nitrogens with zero attached hydrogens (tertiary/aromatic N) is 1. The molecule has 26 heavy (non-hydrogen) atoms. The molecule has 3 nitrogen and oxygen atoms in total. The van der Waals surface area contributed by atoms with Crippen LogP contribution in [0.1, 0.15) is 15.9 Å². The van der Waals surface area contributed by atoms with Crippen LogP contribution in [0, 0.1) is 11.6 Å². The Labute approximate surface area is 162 Å². The number of carbonyl (C=O) groups excluding carboxylic acids is 1. The monoisotopic (exact) mass is 434 g/mol. The fourth-order valence-electron chi connectivity index (χ4n) is 2.19. The van der Waals surface area contributed by atoms with Crippen LogP contribution in [-0.2, 0) is 5.75 Å². The van der Waals surface area contributed by atoms with Crippen molar-refractivity contribution < 1.29 is 13.6 Å². The lowest BCUT2D eigenvalue weighted by molar-refractivity contribution is 0.102. The molecule has 0 aliphatic carbocycles. The second-order valence-electron chi connectivity index (χ2n) is 5.35. The van der Waals surface area contributed by atoms with Crippen LogP contribution >= 0.6 is 27.7 Å². The molecule has 3 aromatic rings. The van der Waals surface area contributed by atoms with E-state index in [0.717, 1.165) is 5.56 Å². The largest absolute Gasteiger partial charge is 0.321 e. The molecule has 0 fully saturated rings.